The van der Waals surface area contributed by atoms with Crippen molar-refractivity contribution in [2.75, 3.05) is 14.2 Å². The van der Waals surface area contributed by atoms with Crippen molar-refractivity contribution in [1.82, 2.24) is 0 Å². The summed E-state index contributed by atoms with van der Waals surface area (Å²) in [6, 6.07) is 195. The molecule has 0 atom stereocenters. The largest absolute Gasteiger partial charge is 1.00 e. The van der Waals surface area contributed by atoms with Crippen molar-refractivity contribution in [3.63, 3.8) is 0 Å². The third-order valence-electron chi connectivity index (χ3n) is 19.7. The van der Waals surface area contributed by atoms with Gasteiger partial charge < -0.3 is 42.6 Å². The molecule has 2 nitrogen and oxygen atoms in total. The zero-order valence-corrected chi connectivity index (χ0v) is 92.0. The molecule has 18 aromatic rings. The molecule has 0 heterocycles. The maximum absolute atomic E-state index is 10.6. The van der Waals surface area contributed by atoms with E-state index in [2.05, 4.69) is 555 Å². The van der Waals surface area contributed by atoms with Crippen LogP contribution in [0.15, 0.2) is 546 Å². The maximum atomic E-state index is 10.6. The van der Waals surface area contributed by atoms with E-state index in [1.54, 1.807) is 0 Å². The van der Waals surface area contributed by atoms with Crippen LogP contribution in [0, 0.1) is 7.43 Å². The molecular weight excluding hydrogens is 2870 g/mol. The van der Waals surface area contributed by atoms with E-state index < -0.39 is 61.9 Å². The van der Waals surface area contributed by atoms with Crippen molar-refractivity contribution in [3.05, 3.63) is 553 Å². The molecule has 699 valence electrons. The Labute approximate surface area is 884 Å². The van der Waals surface area contributed by atoms with Gasteiger partial charge in [-0.15, -0.1) is 0 Å². The second-order valence-electron chi connectivity index (χ2n) is 28.3. The van der Waals surface area contributed by atoms with E-state index in [1.807, 2.05) is 0 Å². The second kappa shape index (κ2) is 67.0. The molecule has 0 saturated carbocycles. The first kappa shape index (κ1) is 118. The summed E-state index contributed by atoms with van der Waals surface area (Å²) in [4.78, 5) is 0. The van der Waals surface area contributed by atoms with Gasteiger partial charge in [0.1, 0.15) is 95.5 Å². The molecule has 0 N–H and O–H groups in total. The van der Waals surface area contributed by atoms with Crippen LogP contribution in [0.4, 0.5) is 25.9 Å². The molecule has 0 spiro atoms. The van der Waals surface area contributed by atoms with Crippen molar-refractivity contribution in [1.29, 1.82) is 0 Å². The summed E-state index contributed by atoms with van der Waals surface area (Å²) < 4.78 is 69.8. The Kier molecular flexibility index (Phi) is 59.4. The molecular formula is C111H105Au6B2F6O2P6+6. The van der Waals surface area contributed by atoms with E-state index >= 15 is 0 Å². The van der Waals surface area contributed by atoms with Crippen molar-refractivity contribution in [2.45, 2.75) is 0 Å². The third-order valence-corrected chi connectivity index (χ3v) is 36.1. The van der Waals surface area contributed by atoms with Gasteiger partial charge in [-0.05, 0) is 233 Å². The van der Waals surface area contributed by atoms with E-state index in [-0.39, 0.29) is 142 Å². The molecule has 0 aliphatic rings. The predicted molar refractivity (Wildman–Crippen MR) is 558 cm³/mol. The monoisotopic (exact) mass is 2970 g/mol. The summed E-state index contributed by atoms with van der Waals surface area (Å²) in [5, 5.41) is 25.8. The van der Waals surface area contributed by atoms with Gasteiger partial charge in [-0.1, -0.05) is 328 Å². The fraction of sp³-hybridized carbons (Fsp3) is 0.0180. The molecule has 0 amide bonds. The van der Waals surface area contributed by atoms with Crippen LogP contribution in [0.5, 0.6) is 0 Å². The summed E-state index contributed by atoms with van der Waals surface area (Å²) in [5.41, 5.74) is 0. The van der Waals surface area contributed by atoms with Gasteiger partial charge in [0.05, 0.1) is 47.5 Å². The number of rotatable bonds is 20. The van der Waals surface area contributed by atoms with Crippen molar-refractivity contribution >= 4 is 157 Å². The van der Waals surface area contributed by atoms with Crippen LogP contribution in [0.1, 0.15) is 0 Å². The zero-order chi connectivity index (χ0) is 87.9. The molecule has 18 aromatic carbocycles. The van der Waals surface area contributed by atoms with Gasteiger partial charge >= 0.3 is 81.5 Å². The van der Waals surface area contributed by atoms with E-state index in [0.717, 1.165) is 0 Å². The number of halogens is 6. The van der Waals surface area contributed by atoms with Gasteiger partial charge in [-0.25, -0.2) is 0 Å². The molecule has 18 rings (SSSR count). The molecule has 0 aliphatic heterocycles. The quantitative estimate of drug-likeness (QED) is 0.0328. The van der Waals surface area contributed by atoms with Gasteiger partial charge in [0.2, 0.25) is 0 Å². The first-order valence-electron chi connectivity index (χ1n) is 41.5. The third kappa shape index (κ3) is 40.7. The SMILES string of the molecule is CO[B-](F)(F)F.CO[B-](F)(F)F.[Au+].[Au+].[Au+].[Au].[Au].[Au].[CH3-].c1ccc([PH+](c2ccccc2)c2ccccc2)cc1.c1ccc([PH+](c2ccccc2)c2ccccc2)cc1.c1ccc([PH+](c2ccccc2)c2ccccc2)cc1.c1ccc([PH+](c2ccccc2)c2ccccc2)cc1.c1ccc([PH+](c2ccccc2)c2ccccc2)cc1.c1ccc([PH+](c2ccccc2)c2ccccc2)cc1. The van der Waals surface area contributed by atoms with Crippen LogP contribution in [-0.2, 0) is 144 Å². The Morgan fingerprint density at radius 1 is 0.135 bits per heavy atom. The molecule has 0 aliphatic carbocycles. The van der Waals surface area contributed by atoms with Crippen LogP contribution >= 0.6 is 47.5 Å². The maximum Gasteiger partial charge on any atom is 1.00 e. The van der Waals surface area contributed by atoms with E-state index in [4.69, 9.17) is 0 Å². The molecule has 133 heavy (non-hydrogen) atoms. The fourth-order valence-corrected chi connectivity index (χ4v) is 29.4. The second-order valence-corrected chi connectivity index (χ2v) is 43.2. The normalized spacial score (nSPS) is 10.2. The first-order valence-corrected chi connectivity index (χ1v) is 50.5. The Morgan fingerprint density at radius 2 is 0.180 bits per heavy atom. The standard InChI is InChI=1S/6C18H15P.2CH3BF3O.CH3.6Au/c6*1-4-10-16(11-5-1)19(17-12-6-2-7-13-17)18-14-8-3-9-15-18;2*1-6-2(3,4)5;;;;;;;/h6*1-15H;2*1H3;1H3;;;;;;/q;;;;;;3*-1;;;;3*+1/p+6. The van der Waals surface area contributed by atoms with Gasteiger partial charge in [-0.3, -0.25) is 0 Å². The summed E-state index contributed by atoms with van der Waals surface area (Å²) in [6.45, 7) is 0. The van der Waals surface area contributed by atoms with E-state index in [9.17, 15) is 25.9 Å². The smallest absolute Gasteiger partial charge is 0.510 e. The minimum atomic E-state index is -4.99. The number of hydrogen-bond acceptors (Lipinski definition) is 2. The Balaban J connectivity index is 0.000000322. The molecule has 22 heteroatoms. The predicted octanol–water partition coefficient (Wildman–Crippen LogP) is 21.5. The molecule has 0 bridgehead atoms. The molecule has 0 saturated heterocycles. The van der Waals surface area contributed by atoms with Crippen LogP contribution in [0.3, 0.4) is 0 Å². The number of hydrogen-bond donors (Lipinski definition) is 0. The van der Waals surface area contributed by atoms with Gasteiger partial charge in [0.15, 0.2) is 0 Å². The van der Waals surface area contributed by atoms with Crippen LogP contribution < -0.4 is 95.5 Å². The van der Waals surface area contributed by atoms with Crippen molar-refractivity contribution in [3.8, 4) is 0 Å². The van der Waals surface area contributed by atoms with Crippen LogP contribution in [0.25, 0.3) is 0 Å². The van der Waals surface area contributed by atoms with E-state index in [0.29, 0.717) is 14.2 Å². The van der Waals surface area contributed by atoms with Gasteiger partial charge in [0, 0.05) is 67.1 Å². The Hall–Kier alpha value is -7.39. The first-order chi connectivity index (χ1) is 61.8. The summed E-state index contributed by atoms with van der Waals surface area (Å²) in [7, 11) is -14.0. The van der Waals surface area contributed by atoms with Crippen molar-refractivity contribution < 1.29 is 169 Å². The molecule has 0 fully saturated rings. The molecule has 3 radical (unpaired) electrons. The minimum Gasteiger partial charge on any atom is -0.510 e. The van der Waals surface area contributed by atoms with Gasteiger partial charge in [0.25, 0.3) is 0 Å². The average molecular weight is 2970 g/mol. The Bertz CT molecular complexity index is 4410. The molecule has 0 unspecified atom stereocenters. The van der Waals surface area contributed by atoms with Crippen LogP contribution in [0.2, 0.25) is 0 Å². The summed E-state index contributed by atoms with van der Waals surface area (Å²) in [5.74, 6) is 0. The molecule has 0 aromatic heterocycles. The summed E-state index contributed by atoms with van der Waals surface area (Å²) >= 11 is 0. The minimum absolute atomic E-state index is 0. The zero-order valence-electron chi connectivity index (χ0n) is 73.0. The van der Waals surface area contributed by atoms with E-state index in [1.165, 1.54) is 95.5 Å². The van der Waals surface area contributed by atoms with Gasteiger partial charge in [-0.2, -0.15) is 0 Å². The Morgan fingerprint density at radius 3 is 0.218 bits per heavy atom. The topological polar surface area (TPSA) is 18.5 Å². The van der Waals surface area contributed by atoms with Crippen molar-refractivity contribution in [2.24, 2.45) is 0 Å². The van der Waals surface area contributed by atoms with Crippen LogP contribution in [-0.4, -0.2) is 28.6 Å². The number of benzene rings is 18. The summed E-state index contributed by atoms with van der Waals surface area (Å²) in [6.07, 6.45) is 0. The average Bonchev–Trinajstić information content (AvgIpc) is 0.848. The fourth-order valence-electron chi connectivity index (χ4n) is 13.9.